The van der Waals surface area contributed by atoms with Gasteiger partial charge in [0.2, 0.25) is 0 Å². The van der Waals surface area contributed by atoms with Gasteiger partial charge in [-0.3, -0.25) is 4.98 Å². The van der Waals surface area contributed by atoms with E-state index in [4.69, 9.17) is 11.6 Å². The quantitative estimate of drug-likeness (QED) is 0.588. The first-order valence-corrected chi connectivity index (χ1v) is 9.02. The maximum absolute atomic E-state index is 14.4. The summed E-state index contributed by atoms with van der Waals surface area (Å²) in [6, 6.07) is 12.4. The Balaban J connectivity index is 2.08. The molecule has 1 atom stereocenters. The van der Waals surface area contributed by atoms with Crippen molar-refractivity contribution in [1.29, 1.82) is 0 Å². The SMILES string of the molecule is CN(C)CC(Nc1c(Cl)cnc2ccc(Br)cc12)c1ccccc1F. The summed E-state index contributed by atoms with van der Waals surface area (Å²) in [6.07, 6.45) is 1.62. The molecule has 0 spiro atoms. The second-order valence-corrected chi connectivity index (χ2v) is 7.45. The molecule has 6 heteroatoms. The number of anilines is 1. The molecular formula is C19H18BrClFN3. The zero-order valence-electron chi connectivity index (χ0n) is 13.9. The number of hydrogen-bond acceptors (Lipinski definition) is 3. The van der Waals surface area contributed by atoms with E-state index in [-0.39, 0.29) is 11.9 Å². The minimum absolute atomic E-state index is 0.238. The molecular weight excluding hydrogens is 405 g/mol. The van der Waals surface area contributed by atoms with Crippen molar-refractivity contribution in [2.24, 2.45) is 0 Å². The topological polar surface area (TPSA) is 28.2 Å². The van der Waals surface area contributed by atoms with E-state index in [0.717, 1.165) is 21.1 Å². The summed E-state index contributed by atoms with van der Waals surface area (Å²) in [6.45, 7) is 0.620. The van der Waals surface area contributed by atoms with E-state index in [1.807, 2.05) is 43.3 Å². The molecule has 130 valence electrons. The molecule has 0 aliphatic rings. The molecule has 1 aromatic heterocycles. The lowest BCUT2D eigenvalue weighted by Crippen LogP contribution is -2.26. The molecule has 1 unspecified atom stereocenters. The zero-order valence-corrected chi connectivity index (χ0v) is 16.3. The minimum Gasteiger partial charge on any atom is -0.375 e. The van der Waals surface area contributed by atoms with Gasteiger partial charge in [0.15, 0.2) is 0 Å². The van der Waals surface area contributed by atoms with Crippen molar-refractivity contribution < 1.29 is 4.39 Å². The summed E-state index contributed by atoms with van der Waals surface area (Å²) in [5, 5.41) is 4.83. The van der Waals surface area contributed by atoms with Gasteiger partial charge in [-0.2, -0.15) is 0 Å². The van der Waals surface area contributed by atoms with Crippen LogP contribution in [-0.2, 0) is 0 Å². The highest BCUT2D eigenvalue weighted by molar-refractivity contribution is 9.10. The average molecular weight is 423 g/mol. The standard InChI is InChI=1S/C19H18BrClFN3/c1-25(2)11-18(13-5-3-4-6-16(13)22)24-19-14-9-12(20)7-8-17(14)23-10-15(19)21/h3-10,18H,11H2,1-2H3,(H,23,24). The maximum atomic E-state index is 14.4. The summed E-state index contributed by atoms with van der Waals surface area (Å²) in [7, 11) is 3.91. The normalized spacial score (nSPS) is 12.6. The third kappa shape index (κ3) is 4.11. The Morgan fingerprint density at radius 3 is 2.72 bits per heavy atom. The average Bonchev–Trinajstić information content (AvgIpc) is 2.57. The van der Waals surface area contributed by atoms with E-state index in [9.17, 15) is 4.39 Å². The van der Waals surface area contributed by atoms with Gasteiger partial charge in [0.1, 0.15) is 5.82 Å². The molecule has 2 aromatic carbocycles. The lowest BCUT2D eigenvalue weighted by Gasteiger charge is -2.25. The number of aromatic nitrogens is 1. The van der Waals surface area contributed by atoms with Crippen LogP contribution < -0.4 is 5.32 Å². The van der Waals surface area contributed by atoms with Crippen LogP contribution in [0.5, 0.6) is 0 Å². The van der Waals surface area contributed by atoms with Crippen LogP contribution in [0.15, 0.2) is 53.1 Å². The summed E-state index contributed by atoms with van der Waals surface area (Å²) in [5.74, 6) is -0.238. The number of nitrogens with one attached hydrogen (secondary N) is 1. The van der Waals surface area contributed by atoms with Gasteiger partial charge in [-0.25, -0.2) is 4.39 Å². The highest BCUT2D eigenvalue weighted by atomic mass is 79.9. The molecule has 1 N–H and O–H groups in total. The van der Waals surface area contributed by atoms with Gasteiger partial charge in [-0.05, 0) is 38.4 Å². The fraction of sp³-hybridized carbons (Fsp3) is 0.211. The Labute approximate surface area is 159 Å². The molecule has 0 saturated heterocycles. The number of halogens is 3. The number of hydrogen-bond donors (Lipinski definition) is 1. The Morgan fingerprint density at radius 1 is 1.24 bits per heavy atom. The molecule has 0 aliphatic carbocycles. The minimum atomic E-state index is -0.252. The third-order valence-corrected chi connectivity index (χ3v) is 4.71. The van der Waals surface area contributed by atoms with Crippen molar-refractivity contribution in [3.63, 3.8) is 0 Å². The molecule has 0 aliphatic heterocycles. The van der Waals surface area contributed by atoms with Crippen LogP contribution in [0.25, 0.3) is 10.9 Å². The van der Waals surface area contributed by atoms with Gasteiger partial charge in [-0.15, -0.1) is 0 Å². The van der Waals surface area contributed by atoms with Crippen molar-refractivity contribution in [1.82, 2.24) is 9.88 Å². The number of benzene rings is 2. The molecule has 0 saturated carbocycles. The summed E-state index contributed by atoms with van der Waals surface area (Å²) < 4.78 is 15.3. The largest absolute Gasteiger partial charge is 0.375 e. The van der Waals surface area contributed by atoms with Gasteiger partial charge in [0.25, 0.3) is 0 Å². The maximum Gasteiger partial charge on any atom is 0.128 e. The van der Waals surface area contributed by atoms with Gasteiger partial charge < -0.3 is 10.2 Å². The van der Waals surface area contributed by atoms with Crippen LogP contribution in [0.4, 0.5) is 10.1 Å². The molecule has 3 rings (SSSR count). The van der Waals surface area contributed by atoms with Crippen molar-refractivity contribution >= 4 is 44.1 Å². The first-order valence-electron chi connectivity index (χ1n) is 7.85. The van der Waals surface area contributed by atoms with Crippen LogP contribution in [0, 0.1) is 5.82 Å². The molecule has 3 aromatic rings. The van der Waals surface area contributed by atoms with Gasteiger partial charge in [0, 0.05) is 28.2 Å². The van der Waals surface area contributed by atoms with E-state index in [1.165, 1.54) is 6.07 Å². The van der Waals surface area contributed by atoms with E-state index < -0.39 is 0 Å². The van der Waals surface area contributed by atoms with Crippen LogP contribution in [0.2, 0.25) is 5.02 Å². The van der Waals surface area contributed by atoms with Crippen LogP contribution in [0.3, 0.4) is 0 Å². The predicted octanol–water partition coefficient (Wildman–Crippen LogP) is 5.50. The van der Waals surface area contributed by atoms with Gasteiger partial charge in [-0.1, -0.05) is 45.7 Å². The second kappa shape index (κ2) is 7.68. The third-order valence-electron chi connectivity index (χ3n) is 3.93. The van der Waals surface area contributed by atoms with Crippen LogP contribution >= 0.6 is 27.5 Å². The summed E-state index contributed by atoms with van der Waals surface area (Å²) in [4.78, 5) is 6.37. The second-order valence-electron chi connectivity index (χ2n) is 6.12. The Bertz CT molecular complexity index is 896. The van der Waals surface area contributed by atoms with Crippen molar-refractivity contribution in [2.45, 2.75) is 6.04 Å². The van der Waals surface area contributed by atoms with E-state index in [2.05, 4.69) is 26.2 Å². The highest BCUT2D eigenvalue weighted by Crippen LogP contribution is 2.34. The van der Waals surface area contributed by atoms with E-state index in [1.54, 1.807) is 18.3 Å². The summed E-state index contributed by atoms with van der Waals surface area (Å²) in [5.41, 5.74) is 2.18. The lowest BCUT2D eigenvalue weighted by molar-refractivity contribution is 0.382. The fourth-order valence-electron chi connectivity index (χ4n) is 2.81. The van der Waals surface area contributed by atoms with E-state index in [0.29, 0.717) is 17.1 Å². The number of likely N-dealkylation sites (N-methyl/N-ethyl adjacent to an activating group) is 1. The van der Waals surface area contributed by atoms with Gasteiger partial charge >= 0.3 is 0 Å². The smallest absolute Gasteiger partial charge is 0.128 e. The fourth-order valence-corrected chi connectivity index (χ4v) is 3.37. The van der Waals surface area contributed by atoms with Crippen molar-refractivity contribution in [2.75, 3.05) is 26.0 Å². The zero-order chi connectivity index (χ0) is 18.0. The Hall–Kier alpha value is -1.69. The van der Waals surface area contributed by atoms with Crippen LogP contribution in [-0.4, -0.2) is 30.5 Å². The molecule has 25 heavy (non-hydrogen) atoms. The van der Waals surface area contributed by atoms with Crippen LogP contribution in [0.1, 0.15) is 11.6 Å². The first-order chi connectivity index (χ1) is 12.0. The molecule has 1 heterocycles. The van der Waals surface area contributed by atoms with Crippen molar-refractivity contribution in [3.05, 3.63) is 69.5 Å². The van der Waals surface area contributed by atoms with Gasteiger partial charge in [0.05, 0.1) is 22.3 Å². The molecule has 0 bridgehead atoms. The predicted molar refractivity (Wildman–Crippen MR) is 106 cm³/mol. The molecule has 3 nitrogen and oxygen atoms in total. The first kappa shape index (κ1) is 18.1. The highest BCUT2D eigenvalue weighted by Gasteiger charge is 2.19. The molecule has 0 radical (unpaired) electrons. The lowest BCUT2D eigenvalue weighted by atomic mass is 10.0. The number of rotatable bonds is 5. The number of pyridine rings is 1. The molecule has 0 fully saturated rings. The monoisotopic (exact) mass is 421 g/mol. The Kier molecular flexibility index (Phi) is 5.57. The van der Waals surface area contributed by atoms with Crippen molar-refractivity contribution in [3.8, 4) is 0 Å². The van der Waals surface area contributed by atoms with E-state index >= 15 is 0 Å². The molecule has 0 amide bonds. The number of fused-ring (bicyclic) bond motifs is 1. The number of nitrogens with zero attached hydrogens (tertiary/aromatic N) is 2. The summed E-state index contributed by atoms with van der Waals surface area (Å²) >= 11 is 9.90. The Morgan fingerprint density at radius 2 is 2.00 bits per heavy atom.